The van der Waals surface area contributed by atoms with Gasteiger partial charge in [0.1, 0.15) is 5.75 Å². The number of hydrogen-bond donors (Lipinski definition) is 1. The van der Waals surface area contributed by atoms with E-state index in [-0.39, 0.29) is 17.9 Å². The number of carbonyl (C=O) groups is 2. The number of piperazine rings is 1. The van der Waals surface area contributed by atoms with Gasteiger partial charge in [0.25, 0.3) is 5.91 Å². The van der Waals surface area contributed by atoms with Crippen molar-refractivity contribution < 1.29 is 14.3 Å². The molecule has 2 aromatic rings. The molecule has 2 aliphatic heterocycles. The summed E-state index contributed by atoms with van der Waals surface area (Å²) in [6, 6.07) is 9.35. The van der Waals surface area contributed by atoms with Crippen LogP contribution in [-0.4, -0.2) is 77.3 Å². The third-order valence-electron chi connectivity index (χ3n) is 5.40. The zero-order valence-electron chi connectivity index (χ0n) is 16.0. The number of benzene rings is 1. The lowest BCUT2D eigenvalue weighted by Crippen LogP contribution is -2.57. The van der Waals surface area contributed by atoms with Crippen LogP contribution in [0.1, 0.15) is 23.3 Å². The maximum Gasteiger partial charge on any atom is 0.274 e. The molecule has 0 saturated carbocycles. The summed E-state index contributed by atoms with van der Waals surface area (Å²) in [5, 5.41) is 7.55. The van der Waals surface area contributed by atoms with Crippen LogP contribution in [0, 0.1) is 0 Å². The van der Waals surface area contributed by atoms with Crippen molar-refractivity contribution in [1.29, 1.82) is 0 Å². The van der Waals surface area contributed by atoms with Gasteiger partial charge in [0.05, 0.1) is 19.3 Å². The van der Waals surface area contributed by atoms with Crippen LogP contribution < -0.4 is 10.1 Å². The Labute approximate surface area is 164 Å². The molecule has 3 heterocycles. The first kappa shape index (κ1) is 18.5. The fraction of sp³-hybridized carbons (Fsp3) is 0.450. The van der Waals surface area contributed by atoms with Gasteiger partial charge >= 0.3 is 0 Å². The van der Waals surface area contributed by atoms with Crippen molar-refractivity contribution >= 4 is 11.8 Å². The summed E-state index contributed by atoms with van der Waals surface area (Å²) in [5.41, 5.74) is 1.28. The Hall–Kier alpha value is -2.87. The number of methoxy groups -OCH3 is 1. The van der Waals surface area contributed by atoms with Crippen molar-refractivity contribution in [1.82, 2.24) is 24.9 Å². The Morgan fingerprint density at radius 3 is 2.79 bits per heavy atom. The number of hydrogen-bond acceptors (Lipinski definition) is 5. The summed E-state index contributed by atoms with van der Waals surface area (Å²) >= 11 is 0. The summed E-state index contributed by atoms with van der Waals surface area (Å²) in [6.45, 7) is 3.17. The highest BCUT2D eigenvalue weighted by Crippen LogP contribution is 2.20. The Morgan fingerprint density at radius 2 is 2.04 bits per heavy atom. The Morgan fingerprint density at radius 1 is 1.21 bits per heavy atom. The standard InChI is InChI=1S/C20H25N5O3/c1-28-17-6-4-15(5-7-17)25-11-8-18(22-25)20(27)23-10-2-3-16(14-23)24-12-9-21-13-19(24)26/h4-8,11,16,21H,2-3,9-10,12-14H2,1H3. The summed E-state index contributed by atoms with van der Waals surface area (Å²) in [4.78, 5) is 28.9. The predicted molar refractivity (Wildman–Crippen MR) is 104 cm³/mol. The van der Waals surface area contributed by atoms with Crippen LogP contribution in [0.5, 0.6) is 5.75 Å². The lowest BCUT2D eigenvalue weighted by atomic mass is 10.0. The summed E-state index contributed by atoms with van der Waals surface area (Å²) in [5.74, 6) is 0.808. The second-order valence-electron chi connectivity index (χ2n) is 7.15. The zero-order chi connectivity index (χ0) is 19.5. The van der Waals surface area contributed by atoms with E-state index in [0.29, 0.717) is 31.9 Å². The molecule has 1 unspecified atom stereocenters. The molecule has 2 aliphatic rings. The second-order valence-corrected chi connectivity index (χ2v) is 7.15. The maximum atomic E-state index is 13.0. The minimum atomic E-state index is -0.0838. The fourth-order valence-corrected chi connectivity index (χ4v) is 3.88. The van der Waals surface area contributed by atoms with Gasteiger partial charge in [-0.05, 0) is 43.2 Å². The Kier molecular flexibility index (Phi) is 5.29. The van der Waals surface area contributed by atoms with Gasteiger partial charge in [-0.3, -0.25) is 9.59 Å². The number of nitrogens with zero attached hydrogens (tertiary/aromatic N) is 4. The average molecular weight is 383 g/mol. The largest absolute Gasteiger partial charge is 0.497 e. The molecule has 2 amide bonds. The van der Waals surface area contributed by atoms with Crippen LogP contribution in [0.25, 0.3) is 5.69 Å². The molecule has 1 atom stereocenters. The van der Waals surface area contributed by atoms with E-state index >= 15 is 0 Å². The van der Waals surface area contributed by atoms with Gasteiger partial charge < -0.3 is 19.9 Å². The predicted octanol–water partition coefficient (Wildman–Crippen LogP) is 0.917. The van der Waals surface area contributed by atoms with Gasteiger partial charge in [-0.25, -0.2) is 4.68 Å². The van der Waals surface area contributed by atoms with Gasteiger partial charge in [0.2, 0.25) is 5.91 Å². The molecule has 2 saturated heterocycles. The van der Waals surface area contributed by atoms with E-state index in [0.717, 1.165) is 30.8 Å². The maximum absolute atomic E-state index is 13.0. The number of rotatable bonds is 4. The SMILES string of the molecule is COc1ccc(-n2ccc(C(=O)N3CCCC(N4CCNCC4=O)C3)n2)cc1. The first-order valence-corrected chi connectivity index (χ1v) is 9.65. The number of piperidine rings is 1. The third-order valence-corrected chi connectivity index (χ3v) is 5.40. The van der Waals surface area contributed by atoms with Crippen LogP contribution in [0.4, 0.5) is 0 Å². The number of carbonyl (C=O) groups excluding carboxylic acids is 2. The van der Waals surface area contributed by atoms with Crippen LogP contribution in [0.15, 0.2) is 36.5 Å². The highest BCUT2D eigenvalue weighted by molar-refractivity contribution is 5.92. The fourth-order valence-electron chi connectivity index (χ4n) is 3.88. The molecule has 0 aliphatic carbocycles. The molecule has 4 rings (SSSR count). The lowest BCUT2D eigenvalue weighted by molar-refractivity contribution is -0.135. The van der Waals surface area contributed by atoms with Crippen LogP contribution in [0.2, 0.25) is 0 Å². The van der Waals surface area contributed by atoms with Crippen LogP contribution >= 0.6 is 0 Å². The van der Waals surface area contributed by atoms with Gasteiger partial charge in [0, 0.05) is 38.4 Å². The van der Waals surface area contributed by atoms with Gasteiger partial charge in [-0.2, -0.15) is 5.10 Å². The van der Waals surface area contributed by atoms with E-state index in [9.17, 15) is 9.59 Å². The molecule has 8 heteroatoms. The number of aromatic nitrogens is 2. The van der Waals surface area contributed by atoms with Crippen molar-refractivity contribution in [2.45, 2.75) is 18.9 Å². The summed E-state index contributed by atoms with van der Waals surface area (Å²) in [6.07, 6.45) is 3.62. The molecular weight excluding hydrogens is 358 g/mol. The molecular formula is C20H25N5O3. The van der Waals surface area contributed by atoms with E-state index in [2.05, 4.69) is 10.4 Å². The molecule has 2 fully saturated rings. The summed E-state index contributed by atoms with van der Waals surface area (Å²) < 4.78 is 6.86. The monoisotopic (exact) mass is 383 g/mol. The van der Waals surface area contributed by atoms with E-state index < -0.39 is 0 Å². The smallest absolute Gasteiger partial charge is 0.274 e. The van der Waals surface area contributed by atoms with Crippen molar-refractivity contribution in [3.05, 3.63) is 42.2 Å². The first-order chi connectivity index (χ1) is 13.7. The molecule has 1 aromatic heterocycles. The molecule has 0 spiro atoms. The molecule has 1 N–H and O–H groups in total. The molecule has 1 aromatic carbocycles. The van der Waals surface area contributed by atoms with E-state index in [1.165, 1.54) is 0 Å². The van der Waals surface area contributed by atoms with E-state index in [1.54, 1.807) is 24.1 Å². The topological polar surface area (TPSA) is 79.7 Å². The average Bonchev–Trinajstić information content (AvgIpc) is 3.24. The van der Waals surface area contributed by atoms with Crippen molar-refractivity contribution in [2.75, 3.05) is 39.8 Å². The van der Waals surface area contributed by atoms with Crippen molar-refractivity contribution in [3.63, 3.8) is 0 Å². The Balaban J connectivity index is 1.45. The third kappa shape index (κ3) is 3.73. The number of nitrogens with one attached hydrogen (secondary N) is 1. The highest BCUT2D eigenvalue weighted by Gasteiger charge is 2.32. The van der Waals surface area contributed by atoms with Crippen LogP contribution in [-0.2, 0) is 4.79 Å². The van der Waals surface area contributed by atoms with E-state index in [1.807, 2.05) is 34.1 Å². The number of ether oxygens (including phenoxy) is 1. The summed E-state index contributed by atoms with van der Waals surface area (Å²) in [7, 11) is 1.62. The van der Waals surface area contributed by atoms with Gasteiger partial charge in [0.15, 0.2) is 5.69 Å². The normalized spacial score (nSPS) is 20.3. The minimum Gasteiger partial charge on any atom is -0.497 e. The Bertz CT molecular complexity index is 848. The van der Waals surface area contributed by atoms with Crippen LogP contribution in [0.3, 0.4) is 0 Å². The van der Waals surface area contributed by atoms with E-state index in [4.69, 9.17) is 4.74 Å². The quantitative estimate of drug-likeness (QED) is 0.849. The molecule has 0 bridgehead atoms. The molecule has 8 nitrogen and oxygen atoms in total. The second kappa shape index (κ2) is 8.02. The molecule has 0 radical (unpaired) electrons. The molecule has 148 valence electrons. The minimum absolute atomic E-state index is 0.0838. The molecule has 28 heavy (non-hydrogen) atoms. The van der Waals surface area contributed by atoms with Gasteiger partial charge in [-0.1, -0.05) is 0 Å². The number of likely N-dealkylation sites (tertiary alicyclic amines) is 1. The number of amides is 2. The van der Waals surface area contributed by atoms with Crippen molar-refractivity contribution in [3.8, 4) is 11.4 Å². The highest BCUT2D eigenvalue weighted by atomic mass is 16.5. The first-order valence-electron chi connectivity index (χ1n) is 9.65. The zero-order valence-corrected chi connectivity index (χ0v) is 16.0. The van der Waals surface area contributed by atoms with Crippen molar-refractivity contribution in [2.24, 2.45) is 0 Å². The van der Waals surface area contributed by atoms with Gasteiger partial charge in [-0.15, -0.1) is 0 Å². The lowest BCUT2D eigenvalue weighted by Gasteiger charge is -2.40.